The van der Waals surface area contributed by atoms with Gasteiger partial charge in [-0.1, -0.05) is 211 Å². The quantitative estimate of drug-likeness (QED) is 0.0392. The SMILES string of the molecule is CC/C=C/C=C/C=C/CCCCCCCC(=O)OCC(CO)OC(=O)CCCCCCCCCCCCCCCCCCCCCCCCC. The van der Waals surface area contributed by atoms with Crippen molar-refractivity contribution in [2.75, 3.05) is 13.2 Å². The zero-order chi connectivity index (χ0) is 36.4. The van der Waals surface area contributed by atoms with Gasteiger partial charge in [0.15, 0.2) is 6.10 Å². The number of esters is 2. The summed E-state index contributed by atoms with van der Waals surface area (Å²) in [4.78, 5) is 24.3. The van der Waals surface area contributed by atoms with Gasteiger partial charge in [0, 0.05) is 12.8 Å². The van der Waals surface area contributed by atoms with Crippen molar-refractivity contribution in [2.45, 2.75) is 225 Å². The molecule has 0 rings (SSSR count). The number of rotatable bonds is 39. The highest BCUT2D eigenvalue weighted by Gasteiger charge is 2.16. The first kappa shape index (κ1) is 48.1. The zero-order valence-electron chi connectivity index (χ0n) is 33.2. The fourth-order valence-electron chi connectivity index (χ4n) is 6.26. The molecule has 0 amide bonds. The first-order chi connectivity index (χ1) is 24.6. The van der Waals surface area contributed by atoms with Crippen LogP contribution in [0, 0.1) is 0 Å². The molecule has 0 spiro atoms. The Labute approximate surface area is 310 Å². The second-order valence-corrected chi connectivity index (χ2v) is 14.5. The third-order valence-corrected chi connectivity index (χ3v) is 9.51. The Balaban J connectivity index is 3.48. The van der Waals surface area contributed by atoms with Gasteiger partial charge in [0.25, 0.3) is 0 Å². The van der Waals surface area contributed by atoms with Crippen LogP contribution < -0.4 is 0 Å². The molecule has 0 saturated heterocycles. The first-order valence-electron chi connectivity index (χ1n) is 21.6. The van der Waals surface area contributed by atoms with Crippen molar-refractivity contribution < 1.29 is 24.2 Å². The lowest BCUT2D eigenvalue weighted by Gasteiger charge is -2.15. The van der Waals surface area contributed by atoms with Crippen LogP contribution in [0.1, 0.15) is 219 Å². The molecule has 0 saturated carbocycles. The number of carbonyl (C=O) groups is 2. The van der Waals surface area contributed by atoms with Crippen molar-refractivity contribution in [3.63, 3.8) is 0 Å². The maximum Gasteiger partial charge on any atom is 0.306 e. The van der Waals surface area contributed by atoms with Crippen molar-refractivity contribution in [1.82, 2.24) is 0 Å². The lowest BCUT2D eigenvalue weighted by atomic mass is 10.0. The van der Waals surface area contributed by atoms with Crippen molar-refractivity contribution in [3.8, 4) is 0 Å². The zero-order valence-corrected chi connectivity index (χ0v) is 33.2. The standard InChI is InChI=1S/C45H82O5/c1-3-5-7-9-11-13-15-17-18-19-20-21-22-23-24-25-26-28-30-32-34-36-38-40-45(48)50-43(41-46)42-49-44(47)39-37-35-33-31-29-27-16-14-12-10-8-6-4-2/h6,8,10,12,14,16,43,46H,3-5,7,9,11,13,15,17-42H2,1-2H3/b8-6+,12-10+,16-14+. The molecule has 50 heavy (non-hydrogen) atoms. The Bertz CT molecular complexity index is 801. The van der Waals surface area contributed by atoms with Crippen LogP contribution in [0.25, 0.3) is 0 Å². The highest BCUT2D eigenvalue weighted by molar-refractivity contribution is 5.70. The maximum absolute atomic E-state index is 12.2. The molecule has 5 heteroatoms. The third-order valence-electron chi connectivity index (χ3n) is 9.51. The number of unbranched alkanes of at least 4 members (excludes halogenated alkanes) is 27. The van der Waals surface area contributed by atoms with Crippen LogP contribution in [0.3, 0.4) is 0 Å². The van der Waals surface area contributed by atoms with E-state index in [4.69, 9.17) is 9.47 Å². The van der Waals surface area contributed by atoms with Crippen molar-refractivity contribution in [1.29, 1.82) is 0 Å². The molecule has 0 aromatic rings. The fourth-order valence-corrected chi connectivity index (χ4v) is 6.26. The summed E-state index contributed by atoms with van der Waals surface area (Å²) in [6, 6.07) is 0. The molecule has 5 nitrogen and oxygen atoms in total. The van der Waals surface area contributed by atoms with Gasteiger partial charge in [0.2, 0.25) is 0 Å². The minimum absolute atomic E-state index is 0.0739. The first-order valence-corrected chi connectivity index (χ1v) is 21.6. The molecule has 1 N–H and O–H groups in total. The van der Waals surface area contributed by atoms with Gasteiger partial charge in [-0.05, 0) is 32.1 Å². The number of hydrogen-bond acceptors (Lipinski definition) is 5. The van der Waals surface area contributed by atoms with E-state index in [1.165, 1.54) is 128 Å². The lowest BCUT2D eigenvalue weighted by Crippen LogP contribution is -2.28. The highest BCUT2D eigenvalue weighted by atomic mass is 16.6. The minimum Gasteiger partial charge on any atom is -0.462 e. The second-order valence-electron chi connectivity index (χ2n) is 14.5. The number of aliphatic hydroxyl groups is 1. The summed E-state index contributed by atoms with van der Waals surface area (Å²) < 4.78 is 10.6. The van der Waals surface area contributed by atoms with E-state index >= 15 is 0 Å². The van der Waals surface area contributed by atoms with Gasteiger partial charge in [-0.2, -0.15) is 0 Å². The van der Waals surface area contributed by atoms with Gasteiger partial charge in [0.05, 0.1) is 6.61 Å². The maximum atomic E-state index is 12.2. The van der Waals surface area contributed by atoms with Crippen LogP contribution in [-0.4, -0.2) is 36.4 Å². The van der Waals surface area contributed by atoms with E-state index in [0.29, 0.717) is 12.8 Å². The Morgan fingerprint density at radius 1 is 0.480 bits per heavy atom. The molecule has 0 aliphatic heterocycles. The van der Waals surface area contributed by atoms with E-state index in [1.54, 1.807) is 0 Å². The summed E-state index contributed by atoms with van der Waals surface area (Å²) in [6.07, 6.45) is 50.8. The molecule has 0 heterocycles. The largest absolute Gasteiger partial charge is 0.462 e. The van der Waals surface area contributed by atoms with Gasteiger partial charge < -0.3 is 14.6 Å². The van der Waals surface area contributed by atoms with Crippen LogP contribution in [0.2, 0.25) is 0 Å². The molecule has 0 bridgehead atoms. The number of aliphatic hydroxyl groups excluding tert-OH is 1. The van der Waals surface area contributed by atoms with Crippen LogP contribution in [0.15, 0.2) is 36.5 Å². The van der Waals surface area contributed by atoms with Gasteiger partial charge in [-0.25, -0.2) is 0 Å². The minimum atomic E-state index is -0.776. The molecule has 0 aliphatic rings. The van der Waals surface area contributed by atoms with E-state index in [0.717, 1.165) is 64.2 Å². The molecular formula is C45H82O5. The third kappa shape index (κ3) is 38.9. The van der Waals surface area contributed by atoms with Crippen molar-refractivity contribution >= 4 is 11.9 Å². The average Bonchev–Trinajstić information content (AvgIpc) is 3.12. The van der Waals surface area contributed by atoms with Crippen molar-refractivity contribution in [2.24, 2.45) is 0 Å². The smallest absolute Gasteiger partial charge is 0.306 e. The van der Waals surface area contributed by atoms with E-state index in [9.17, 15) is 14.7 Å². The summed E-state index contributed by atoms with van der Waals surface area (Å²) in [7, 11) is 0. The predicted molar refractivity (Wildman–Crippen MR) is 214 cm³/mol. The molecular weight excluding hydrogens is 620 g/mol. The van der Waals surface area contributed by atoms with Crippen LogP contribution in [-0.2, 0) is 19.1 Å². The van der Waals surface area contributed by atoms with E-state index in [1.807, 2.05) is 0 Å². The summed E-state index contributed by atoms with van der Waals surface area (Å²) >= 11 is 0. The number of hydrogen-bond donors (Lipinski definition) is 1. The van der Waals surface area contributed by atoms with Crippen LogP contribution in [0.4, 0.5) is 0 Å². The monoisotopic (exact) mass is 703 g/mol. The lowest BCUT2D eigenvalue weighted by molar-refractivity contribution is -0.161. The number of carbonyl (C=O) groups excluding carboxylic acids is 2. The van der Waals surface area contributed by atoms with Crippen LogP contribution in [0.5, 0.6) is 0 Å². The van der Waals surface area contributed by atoms with Gasteiger partial charge >= 0.3 is 11.9 Å². The highest BCUT2D eigenvalue weighted by Crippen LogP contribution is 2.16. The molecule has 0 aromatic heterocycles. The fraction of sp³-hybridized carbons (Fsp3) is 0.822. The normalized spacial score (nSPS) is 12.5. The predicted octanol–water partition coefficient (Wildman–Crippen LogP) is 13.6. The summed E-state index contributed by atoms with van der Waals surface area (Å²) in [5.41, 5.74) is 0. The van der Waals surface area contributed by atoms with Gasteiger partial charge in [-0.15, -0.1) is 0 Å². The Kier molecular flexibility index (Phi) is 40.0. The molecule has 0 radical (unpaired) electrons. The van der Waals surface area contributed by atoms with Gasteiger partial charge in [-0.3, -0.25) is 9.59 Å². The van der Waals surface area contributed by atoms with E-state index in [-0.39, 0.29) is 25.2 Å². The molecule has 1 unspecified atom stereocenters. The van der Waals surface area contributed by atoms with E-state index in [2.05, 4.69) is 50.3 Å². The van der Waals surface area contributed by atoms with Crippen molar-refractivity contribution in [3.05, 3.63) is 36.5 Å². The molecule has 1 atom stereocenters. The Hall–Kier alpha value is -1.88. The number of allylic oxidation sites excluding steroid dienone is 6. The van der Waals surface area contributed by atoms with E-state index < -0.39 is 6.10 Å². The topological polar surface area (TPSA) is 72.8 Å². The summed E-state index contributed by atoms with van der Waals surface area (Å²) in [5.74, 6) is -0.607. The molecule has 0 aromatic carbocycles. The average molecular weight is 703 g/mol. The Morgan fingerprint density at radius 3 is 1.28 bits per heavy atom. The molecule has 0 fully saturated rings. The second kappa shape index (κ2) is 41.5. The molecule has 0 aliphatic carbocycles. The van der Waals surface area contributed by atoms with Gasteiger partial charge in [0.1, 0.15) is 6.61 Å². The summed E-state index contributed by atoms with van der Waals surface area (Å²) in [6.45, 7) is 4.00. The Morgan fingerprint density at radius 2 is 0.860 bits per heavy atom. The van der Waals surface area contributed by atoms with Crippen LogP contribution >= 0.6 is 0 Å². The number of ether oxygens (including phenoxy) is 2. The summed E-state index contributed by atoms with van der Waals surface area (Å²) in [5, 5.41) is 9.56. The molecule has 292 valence electrons.